The van der Waals surface area contributed by atoms with Crippen LogP contribution in [0.25, 0.3) is 10.9 Å². The van der Waals surface area contributed by atoms with Crippen LogP contribution in [0.3, 0.4) is 0 Å². The number of aliphatic imine (C=N–C) groups is 1. The highest BCUT2D eigenvalue weighted by Crippen LogP contribution is 2.14. The molecule has 0 aliphatic carbocycles. The van der Waals surface area contributed by atoms with Crippen molar-refractivity contribution in [1.29, 1.82) is 0 Å². The average Bonchev–Trinajstić information content (AvgIpc) is 3.14. The van der Waals surface area contributed by atoms with E-state index >= 15 is 0 Å². The summed E-state index contributed by atoms with van der Waals surface area (Å²) in [5, 5.41) is 7.89. The van der Waals surface area contributed by atoms with Crippen molar-refractivity contribution < 1.29 is 4.79 Å². The number of fused-ring (bicyclic) bond motifs is 1. The number of benzene rings is 2. The number of likely N-dealkylation sites (N-methyl/N-ethyl adjacent to an activating group) is 1. The Labute approximate surface area is 172 Å². The number of para-hydroxylation sites is 1. The fourth-order valence-electron chi connectivity index (χ4n) is 3.02. The van der Waals surface area contributed by atoms with Gasteiger partial charge in [0.2, 0.25) is 5.91 Å². The number of nitrogens with zero attached hydrogens (tertiary/aromatic N) is 2. The first-order valence-electron chi connectivity index (χ1n) is 9.95. The number of rotatable bonds is 8. The summed E-state index contributed by atoms with van der Waals surface area (Å²) in [7, 11) is 3.48. The van der Waals surface area contributed by atoms with Crippen LogP contribution >= 0.6 is 0 Å². The summed E-state index contributed by atoms with van der Waals surface area (Å²) in [5.74, 6) is 0.636. The fraction of sp³-hybridized carbons (Fsp3) is 0.304. The maximum Gasteiger partial charge on any atom is 0.243 e. The highest BCUT2D eigenvalue weighted by molar-refractivity contribution is 5.85. The Morgan fingerprint density at radius 1 is 0.966 bits per heavy atom. The largest absolute Gasteiger partial charge is 0.358 e. The third-order valence-electron chi connectivity index (χ3n) is 4.69. The van der Waals surface area contributed by atoms with Gasteiger partial charge in [-0.15, -0.1) is 0 Å². The lowest BCUT2D eigenvalue weighted by Gasteiger charge is -2.13. The molecule has 3 rings (SSSR count). The number of hydrogen-bond donors (Lipinski definition) is 3. The predicted octanol–water partition coefficient (Wildman–Crippen LogP) is 2.58. The highest BCUT2D eigenvalue weighted by atomic mass is 16.2. The van der Waals surface area contributed by atoms with Crippen molar-refractivity contribution in [1.82, 2.24) is 20.5 Å². The van der Waals surface area contributed by atoms with E-state index in [2.05, 4.69) is 50.9 Å². The molecule has 0 fully saturated rings. The SMILES string of the molecule is CN(C)C(=O)CN=C(NCCc1ccccc1)NCCc1cc2ccccc2[nH]1. The topological polar surface area (TPSA) is 72.5 Å². The van der Waals surface area contributed by atoms with Gasteiger partial charge in [-0.3, -0.25) is 4.79 Å². The van der Waals surface area contributed by atoms with Gasteiger partial charge < -0.3 is 20.5 Å². The molecule has 0 saturated heterocycles. The third-order valence-corrected chi connectivity index (χ3v) is 4.69. The molecule has 0 atom stereocenters. The van der Waals surface area contributed by atoms with Crippen LogP contribution < -0.4 is 10.6 Å². The van der Waals surface area contributed by atoms with Crippen molar-refractivity contribution in [2.24, 2.45) is 4.99 Å². The number of carbonyl (C=O) groups is 1. The minimum Gasteiger partial charge on any atom is -0.358 e. The smallest absolute Gasteiger partial charge is 0.243 e. The predicted molar refractivity (Wildman–Crippen MR) is 119 cm³/mol. The van der Waals surface area contributed by atoms with Gasteiger partial charge in [-0.05, 0) is 29.5 Å². The van der Waals surface area contributed by atoms with Crippen LogP contribution in [0, 0.1) is 0 Å². The maximum absolute atomic E-state index is 11.9. The van der Waals surface area contributed by atoms with Crippen LogP contribution in [0.5, 0.6) is 0 Å². The lowest BCUT2D eigenvalue weighted by atomic mass is 10.1. The molecule has 0 spiro atoms. The van der Waals surface area contributed by atoms with Crippen LogP contribution in [-0.4, -0.2) is 55.5 Å². The zero-order valence-electron chi connectivity index (χ0n) is 17.1. The standard InChI is InChI=1S/C23H29N5O/c1-28(2)22(29)17-26-23(24-14-12-18-8-4-3-5-9-18)25-15-13-20-16-19-10-6-7-11-21(19)27-20/h3-11,16,27H,12-15,17H2,1-2H3,(H2,24,25,26). The van der Waals surface area contributed by atoms with Crippen molar-refractivity contribution in [3.05, 3.63) is 71.9 Å². The molecular weight excluding hydrogens is 362 g/mol. The summed E-state index contributed by atoms with van der Waals surface area (Å²) in [6.07, 6.45) is 1.74. The van der Waals surface area contributed by atoms with Gasteiger partial charge in [-0.1, -0.05) is 48.5 Å². The molecule has 0 aliphatic heterocycles. The number of aromatic amines is 1. The zero-order chi connectivity index (χ0) is 20.5. The molecule has 0 saturated carbocycles. The van der Waals surface area contributed by atoms with Gasteiger partial charge >= 0.3 is 0 Å². The Balaban J connectivity index is 1.54. The van der Waals surface area contributed by atoms with Crippen molar-refractivity contribution in [2.45, 2.75) is 12.8 Å². The second-order valence-corrected chi connectivity index (χ2v) is 7.17. The summed E-state index contributed by atoms with van der Waals surface area (Å²) in [6, 6.07) is 20.7. The third kappa shape index (κ3) is 6.38. The molecule has 152 valence electrons. The maximum atomic E-state index is 11.9. The molecule has 0 unspecified atom stereocenters. The van der Waals surface area contributed by atoms with Crippen molar-refractivity contribution in [3.8, 4) is 0 Å². The molecule has 1 heterocycles. The second-order valence-electron chi connectivity index (χ2n) is 7.17. The van der Waals surface area contributed by atoms with E-state index in [9.17, 15) is 4.79 Å². The summed E-state index contributed by atoms with van der Waals surface area (Å²) in [6.45, 7) is 1.60. The molecule has 6 nitrogen and oxygen atoms in total. The Bertz CT molecular complexity index is 913. The number of aromatic nitrogens is 1. The van der Waals surface area contributed by atoms with E-state index < -0.39 is 0 Å². The van der Waals surface area contributed by atoms with Crippen molar-refractivity contribution >= 4 is 22.8 Å². The molecule has 3 aromatic rings. The Morgan fingerprint density at radius 2 is 1.66 bits per heavy atom. The molecule has 29 heavy (non-hydrogen) atoms. The number of guanidine groups is 1. The van der Waals surface area contributed by atoms with Gasteiger partial charge in [0.05, 0.1) is 0 Å². The number of carbonyl (C=O) groups excluding carboxylic acids is 1. The number of hydrogen-bond acceptors (Lipinski definition) is 2. The summed E-state index contributed by atoms with van der Waals surface area (Å²) < 4.78 is 0. The minimum atomic E-state index is -0.0234. The van der Waals surface area contributed by atoms with Gasteiger partial charge in [-0.2, -0.15) is 0 Å². The number of nitrogens with one attached hydrogen (secondary N) is 3. The quantitative estimate of drug-likeness (QED) is 0.408. The molecule has 0 aliphatic rings. The first-order valence-corrected chi connectivity index (χ1v) is 9.95. The van der Waals surface area contributed by atoms with E-state index in [1.54, 1.807) is 19.0 Å². The summed E-state index contributed by atoms with van der Waals surface area (Å²) in [4.78, 5) is 21.3. The van der Waals surface area contributed by atoms with Crippen LogP contribution in [-0.2, 0) is 17.6 Å². The van der Waals surface area contributed by atoms with E-state index in [1.807, 2.05) is 30.3 Å². The molecule has 1 amide bonds. The van der Waals surface area contributed by atoms with Crippen LogP contribution in [0.2, 0.25) is 0 Å². The lowest BCUT2D eigenvalue weighted by molar-refractivity contribution is -0.127. The van der Waals surface area contributed by atoms with Gasteiger partial charge in [0.25, 0.3) is 0 Å². The zero-order valence-corrected chi connectivity index (χ0v) is 17.1. The molecular formula is C23H29N5O. The average molecular weight is 392 g/mol. The number of H-pyrrole nitrogens is 1. The molecule has 6 heteroatoms. The Hall–Kier alpha value is -3.28. The highest BCUT2D eigenvalue weighted by Gasteiger charge is 2.05. The lowest BCUT2D eigenvalue weighted by Crippen LogP contribution is -2.40. The normalized spacial score (nSPS) is 11.4. The van der Waals surface area contributed by atoms with Gasteiger partial charge in [0.15, 0.2) is 5.96 Å². The molecule has 3 N–H and O–H groups in total. The minimum absolute atomic E-state index is 0.0234. The van der Waals surface area contributed by atoms with E-state index in [0.717, 1.165) is 31.4 Å². The fourth-order valence-corrected chi connectivity index (χ4v) is 3.02. The van der Waals surface area contributed by atoms with Crippen molar-refractivity contribution in [3.63, 3.8) is 0 Å². The monoisotopic (exact) mass is 391 g/mol. The molecule has 0 bridgehead atoms. The second kappa shape index (κ2) is 10.3. The molecule has 2 aromatic carbocycles. The van der Waals surface area contributed by atoms with Crippen LogP contribution in [0.15, 0.2) is 65.7 Å². The van der Waals surface area contributed by atoms with Crippen LogP contribution in [0.4, 0.5) is 0 Å². The summed E-state index contributed by atoms with van der Waals surface area (Å²) >= 11 is 0. The molecule has 1 aromatic heterocycles. The van der Waals surface area contributed by atoms with Crippen LogP contribution in [0.1, 0.15) is 11.3 Å². The van der Waals surface area contributed by atoms with E-state index in [4.69, 9.17) is 0 Å². The Morgan fingerprint density at radius 3 is 2.38 bits per heavy atom. The van der Waals surface area contributed by atoms with Gasteiger partial charge in [0, 0.05) is 44.8 Å². The first kappa shape index (κ1) is 20.5. The van der Waals surface area contributed by atoms with E-state index in [-0.39, 0.29) is 12.5 Å². The number of amides is 1. The Kier molecular flexibility index (Phi) is 7.28. The van der Waals surface area contributed by atoms with E-state index in [0.29, 0.717) is 5.96 Å². The van der Waals surface area contributed by atoms with Crippen molar-refractivity contribution in [2.75, 3.05) is 33.7 Å². The first-order chi connectivity index (χ1) is 14.1. The molecule has 0 radical (unpaired) electrons. The van der Waals surface area contributed by atoms with E-state index in [1.165, 1.54) is 16.6 Å². The van der Waals surface area contributed by atoms with Gasteiger partial charge in [0.1, 0.15) is 6.54 Å². The van der Waals surface area contributed by atoms with Gasteiger partial charge in [-0.25, -0.2) is 4.99 Å². The summed E-state index contributed by atoms with van der Waals surface area (Å²) in [5.41, 5.74) is 3.59.